The second-order valence-electron chi connectivity index (χ2n) is 4.34. The maximum atomic E-state index is 5.82. The molecule has 0 spiro atoms. The molecule has 5 heteroatoms. The Morgan fingerprint density at radius 1 is 1.11 bits per heavy atom. The molecule has 3 aromatic rings. The van der Waals surface area contributed by atoms with Crippen molar-refractivity contribution in [2.45, 2.75) is 5.88 Å². The molecule has 0 radical (unpaired) electrons. The lowest BCUT2D eigenvalue weighted by Gasteiger charge is -2.04. The average Bonchev–Trinajstić information content (AvgIpc) is 2.79. The number of aromatic nitrogens is 3. The van der Waals surface area contributed by atoms with Gasteiger partial charge in [0.25, 0.3) is 0 Å². The SMILES string of the molecule is Cn1c(CCl)nnc1-c1ccc2cc(Br)ccc2c1. The lowest BCUT2D eigenvalue weighted by molar-refractivity contribution is 0.853. The number of alkyl halides is 1. The highest BCUT2D eigenvalue weighted by atomic mass is 79.9. The lowest BCUT2D eigenvalue weighted by atomic mass is 10.1. The van der Waals surface area contributed by atoms with Crippen LogP contribution in [0.25, 0.3) is 22.2 Å². The molecule has 96 valence electrons. The van der Waals surface area contributed by atoms with E-state index in [2.05, 4.69) is 56.5 Å². The van der Waals surface area contributed by atoms with Gasteiger partial charge in [-0.15, -0.1) is 21.8 Å². The Hall–Kier alpha value is -1.39. The Morgan fingerprint density at radius 3 is 2.58 bits per heavy atom. The third kappa shape index (κ3) is 2.26. The van der Waals surface area contributed by atoms with Gasteiger partial charge in [0.2, 0.25) is 0 Å². The molecule has 0 unspecified atom stereocenters. The number of rotatable bonds is 2. The molecule has 3 nitrogen and oxygen atoms in total. The highest BCUT2D eigenvalue weighted by Crippen LogP contribution is 2.25. The van der Waals surface area contributed by atoms with E-state index in [0.29, 0.717) is 5.88 Å². The Bertz CT molecular complexity index is 752. The van der Waals surface area contributed by atoms with Gasteiger partial charge in [-0.3, -0.25) is 0 Å². The number of halogens is 2. The molecular formula is C14H11BrClN3. The van der Waals surface area contributed by atoms with Crippen LogP contribution in [0.4, 0.5) is 0 Å². The minimum absolute atomic E-state index is 0.365. The minimum Gasteiger partial charge on any atom is -0.313 e. The monoisotopic (exact) mass is 335 g/mol. The first-order chi connectivity index (χ1) is 9.19. The zero-order chi connectivity index (χ0) is 13.4. The summed E-state index contributed by atoms with van der Waals surface area (Å²) in [5, 5.41) is 10.6. The van der Waals surface area contributed by atoms with Crippen molar-refractivity contribution in [3.05, 3.63) is 46.7 Å². The minimum atomic E-state index is 0.365. The summed E-state index contributed by atoms with van der Waals surface area (Å²) in [4.78, 5) is 0. The summed E-state index contributed by atoms with van der Waals surface area (Å²) in [6, 6.07) is 12.5. The number of hydrogen-bond donors (Lipinski definition) is 0. The van der Waals surface area contributed by atoms with Crippen molar-refractivity contribution >= 4 is 38.3 Å². The summed E-state index contributed by atoms with van der Waals surface area (Å²) in [7, 11) is 1.93. The number of fused-ring (bicyclic) bond motifs is 1. The quantitative estimate of drug-likeness (QED) is 0.659. The molecule has 0 aliphatic heterocycles. The van der Waals surface area contributed by atoms with Crippen LogP contribution in [0.3, 0.4) is 0 Å². The van der Waals surface area contributed by atoms with Crippen molar-refractivity contribution < 1.29 is 0 Å². The summed E-state index contributed by atoms with van der Waals surface area (Å²) in [5.74, 6) is 1.97. The molecule has 0 saturated heterocycles. The van der Waals surface area contributed by atoms with Crippen molar-refractivity contribution in [3.63, 3.8) is 0 Å². The van der Waals surface area contributed by atoms with Gasteiger partial charge in [-0.05, 0) is 29.0 Å². The van der Waals surface area contributed by atoms with Crippen LogP contribution < -0.4 is 0 Å². The molecular weight excluding hydrogens is 326 g/mol. The smallest absolute Gasteiger partial charge is 0.163 e. The van der Waals surface area contributed by atoms with E-state index in [-0.39, 0.29) is 0 Å². The van der Waals surface area contributed by atoms with Crippen LogP contribution in [0.15, 0.2) is 40.9 Å². The normalized spacial score (nSPS) is 11.1. The lowest BCUT2D eigenvalue weighted by Crippen LogP contribution is -1.97. The van der Waals surface area contributed by atoms with Gasteiger partial charge in [0.05, 0.1) is 5.88 Å². The van der Waals surface area contributed by atoms with Crippen molar-refractivity contribution in [3.8, 4) is 11.4 Å². The van der Waals surface area contributed by atoms with Crippen LogP contribution >= 0.6 is 27.5 Å². The Kier molecular flexibility index (Phi) is 3.29. The van der Waals surface area contributed by atoms with E-state index < -0.39 is 0 Å². The van der Waals surface area contributed by atoms with Gasteiger partial charge >= 0.3 is 0 Å². The Labute approximate surface area is 124 Å². The molecule has 0 amide bonds. The molecule has 2 aromatic carbocycles. The number of nitrogens with zero attached hydrogens (tertiary/aromatic N) is 3. The van der Waals surface area contributed by atoms with Gasteiger partial charge in [0.15, 0.2) is 5.82 Å². The molecule has 0 saturated carbocycles. The van der Waals surface area contributed by atoms with Gasteiger partial charge < -0.3 is 4.57 Å². The van der Waals surface area contributed by atoms with Crippen molar-refractivity contribution in [2.75, 3.05) is 0 Å². The molecule has 19 heavy (non-hydrogen) atoms. The highest BCUT2D eigenvalue weighted by molar-refractivity contribution is 9.10. The van der Waals surface area contributed by atoms with Crippen molar-refractivity contribution in [1.82, 2.24) is 14.8 Å². The van der Waals surface area contributed by atoms with Gasteiger partial charge in [0.1, 0.15) is 5.82 Å². The van der Waals surface area contributed by atoms with E-state index in [1.165, 1.54) is 10.8 Å². The fourth-order valence-corrected chi connectivity index (χ4v) is 2.70. The first-order valence-electron chi connectivity index (χ1n) is 5.83. The maximum Gasteiger partial charge on any atom is 0.163 e. The molecule has 0 bridgehead atoms. The van der Waals surface area contributed by atoms with Crippen LogP contribution in [0.5, 0.6) is 0 Å². The standard InChI is InChI=1S/C14H11BrClN3/c1-19-13(8-16)17-18-14(19)11-3-2-10-7-12(15)5-4-9(10)6-11/h2-7H,8H2,1H3. The second kappa shape index (κ2) is 4.94. The summed E-state index contributed by atoms with van der Waals surface area (Å²) in [6.07, 6.45) is 0. The van der Waals surface area contributed by atoms with Crippen LogP contribution in [-0.4, -0.2) is 14.8 Å². The van der Waals surface area contributed by atoms with Gasteiger partial charge in [-0.2, -0.15) is 0 Å². The van der Waals surface area contributed by atoms with Crippen molar-refractivity contribution in [1.29, 1.82) is 0 Å². The maximum absolute atomic E-state index is 5.82. The van der Waals surface area contributed by atoms with E-state index in [1.54, 1.807) is 0 Å². The topological polar surface area (TPSA) is 30.7 Å². The molecule has 1 aromatic heterocycles. The third-order valence-corrected chi connectivity index (χ3v) is 3.88. The van der Waals surface area contributed by atoms with E-state index in [4.69, 9.17) is 11.6 Å². The molecule has 3 rings (SSSR count). The van der Waals surface area contributed by atoms with Gasteiger partial charge in [-0.25, -0.2) is 0 Å². The number of hydrogen-bond acceptors (Lipinski definition) is 2. The Morgan fingerprint density at radius 2 is 1.84 bits per heavy atom. The highest BCUT2D eigenvalue weighted by Gasteiger charge is 2.10. The average molecular weight is 337 g/mol. The molecule has 0 aliphatic carbocycles. The molecule has 0 N–H and O–H groups in total. The third-order valence-electron chi connectivity index (χ3n) is 3.15. The molecule has 0 aliphatic rings. The molecule has 0 fully saturated rings. The van der Waals surface area contributed by atoms with E-state index in [1.807, 2.05) is 17.7 Å². The number of benzene rings is 2. The fourth-order valence-electron chi connectivity index (χ4n) is 2.08. The first kappa shape index (κ1) is 12.6. The zero-order valence-corrected chi connectivity index (χ0v) is 12.6. The molecule has 1 heterocycles. The zero-order valence-electron chi connectivity index (χ0n) is 10.3. The van der Waals surface area contributed by atoms with Gasteiger partial charge in [0, 0.05) is 17.1 Å². The van der Waals surface area contributed by atoms with Crippen LogP contribution in [0, 0.1) is 0 Å². The summed E-state index contributed by atoms with van der Waals surface area (Å²) in [6.45, 7) is 0. The summed E-state index contributed by atoms with van der Waals surface area (Å²) >= 11 is 9.30. The van der Waals surface area contributed by atoms with Gasteiger partial charge in [-0.1, -0.05) is 34.1 Å². The van der Waals surface area contributed by atoms with Crippen molar-refractivity contribution in [2.24, 2.45) is 7.05 Å². The van der Waals surface area contributed by atoms with Crippen LogP contribution in [0.1, 0.15) is 5.82 Å². The largest absolute Gasteiger partial charge is 0.313 e. The fraction of sp³-hybridized carbons (Fsp3) is 0.143. The summed E-state index contributed by atoms with van der Waals surface area (Å²) in [5.41, 5.74) is 1.04. The van der Waals surface area contributed by atoms with E-state index in [9.17, 15) is 0 Å². The van der Waals surface area contributed by atoms with Crippen LogP contribution in [0.2, 0.25) is 0 Å². The van der Waals surface area contributed by atoms with E-state index >= 15 is 0 Å². The predicted octanol–water partition coefficient (Wildman–Crippen LogP) is 4.14. The summed E-state index contributed by atoms with van der Waals surface area (Å²) < 4.78 is 3.00. The Balaban J connectivity index is 2.15. The van der Waals surface area contributed by atoms with E-state index in [0.717, 1.165) is 21.7 Å². The second-order valence-corrected chi connectivity index (χ2v) is 5.52. The van der Waals surface area contributed by atoms with Crippen LogP contribution in [-0.2, 0) is 12.9 Å². The molecule has 0 atom stereocenters. The first-order valence-corrected chi connectivity index (χ1v) is 7.16. The predicted molar refractivity (Wildman–Crippen MR) is 81.2 cm³/mol.